The van der Waals surface area contributed by atoms with Crippen LogP contribution >= 0.6 is 0 Å². The van der Waals surface area contributed by atoms with Crippen LogP contribution in [0, 0.1) is 5.92 Å². The average Bonchev–Trinajstić information content (AvgIpc) is 2.67. The first kappa shape index (κ1) is 19.6. The molecule has 140 valence electrons. The molecule has 1 aromatic carbocycles. The number of nitrogens with one attached hydrogen (secondary N) is 1. The zero-order chi connectivity index (χ0) is 18.9. The lowest BCUT2D eigenvalue weighted by Gasteiger charge is -2.30. The van der Waals surface area contributed by atoms with E-state index in [9.17, 15) is 9.90 Å². The Hall–Kier alpha value is -2.76. The third kappa shape index (κ3) is 5.12. The van der Waals surface area contributed by atoms with Crippen LogP contribution in [0.15, 0.2) is 59.1 Å². The molecule has 2 atom stereocenters. The van der Waals surface area contributed by atoms with Crippen molar-refractivity contribution < 1.29 is 14.6 Å². The van der Waals surface area contributed by atoms with E-state index < -0.39 is 5.97 Å². The third-order valence-electron chi connectivity index (χ3n) is 4.76. The highest BCUT2D eigenvalue weighted by Crippen LogP contribution is 2.35. The number of methoxy groups -OCH3 is 1. The number of rotatable bonds is 8. The Labute approximate surface area is 154 Å². The maximum absolute atomic E-state index is 11.3. The van der Waals surface area contributed by atoms with Gasteiger partial charge in [0.25, 0.3) is 0 Å². The number of hydrogen-bond donors (Lipinski definition) is 3. The summed E-state index contributed by atoms with van der Waals surface area (Å²) in [7, 11) is 1.39. The number of benzene rings is 1. The van der Waals surface area contributed by atoms with Gasteiger partial charge in [0.05, 0.1) is 19.1 Å². The Kier molecular flexibility index (Phi) is 7.26. The van der Waals surface area contributed by atoms with Gasteiger partial charge in [0.1, 0.15) is 0 Å². The van der Waals surface area contributed by atoms with Crippen molar-refractivity contribution in [3.8, 4) is 0 Å². The molecule has 0 aliphatic heterocycles. The minimum Gasteiger partial charge on any atom is -0.492 e. The van der Waals surface area contributed by atoms with Gasteiger partial charge in [-0.2, -0.15) is 0 Å². The Morgan fingerprint density at radius 2 is 2.15 bits per heavy atom. The van der Waals surface area contributed by atoms with E-state index in [1.54, 1.807) is 0 Å². The standard InChI is InChI=1S/C20H27N3O3/c1-14(19(26-2)18(20(24)25)23-13-21)22-12-15-7-6-10-17(11-15)16-8-4-3-5-9-16/h3-5,8-9,13,15,17,22H,1,6-7,10-12H2,2H3,(H2,21,23)(H,24,25)/b19-18+/t15-,17+/m0/s1. The van der Waals surface area contributed by atoms with Crippen LogP contribution in [-0.2, 0) is 9.53 Å². The number of carboxylic acids is 1. The fraction of sp³-hybridized carbons (Fsp3) is 0.400. The maximum atomic E-state index is 11.3. The highest BCUT2D eigenvalue weighted by atomic mass is 16.5. The number of aliphatic carboxylic acids is 1. The predicted octanol–water partition coefficient (Wildman–Crippen LogP) is 2.99. The number of carbonyl (C=O) groups is 1. The van der Waals surface area contributed by atoms with Gasteiger partial charge in [-0.15, -0.1) is 0 Å². The summed E-state index contributed by atoms with van der Waals surface area (Å²) in [5.74, 6) is -0.0584. The molecule has 0 amide bonds. The molecule has 1 fully saturated rings. The van der Waals surface area contributed by atoms with E-state index in [-0.39, 0.29) is 11.5 Å². The van der Waals surface area contributed by atoms with Crippen LogP contribution in [0.1, 0.15) is 37.2 Å². The summed E-state index contributed by atoms with van der Waals surface area (Å²) in [6, 6.07) is 10.6. The van der Waals surface area contributed by atoms with Crippen molar-refractivity contribution >= 4 is 12.3 Å². The van der Waals surface area contributed by atoms with E-state index in [0.29, 0.717) is 24.1 Å². The summed E-state index contributed by atoms with van der Waals surface area (Å²) in [4.78, 5) is 15.0. The van der Waals surface area contributed by atoms with E-state index >= 15 is 0 Å². The average molecular weight is 357 g/mol. The Balaban J connectivity index is 1.99. The van der Waals surface area contributed by atoms with Crippen molar-refractivity contribution in [1.82, 2.24) is 5.32 Å². The molecule has 0 aromatic heterocycles. The molecule has 1 aliphatic rings. The lowest BCUT2D eigenvalue weighted by molar-refractivity contribution is -0.132. The summed E-state index contributed by atoms with van der Waals surface area (Å²) < 4.78 is 5.19. The summed E-state index contributed by atoms with van der Waals surface area (Å²) in [5.41, 5.74) is 6.75. The van der Waals surface area contributed by atoms with Crippen molar-refractivity contribution in [3.05, 3.63) is 59.6 Å². The Morgan fingerprint density at radius 1 is 1.42 bits per heavy atom. The van der Waals surface area contributed by atoms with Crippen LogP contribution < -0.4 is 11.1 Å². The molecule has 1 aliphatic carbocycles. The van der Waals surface area contributed by atoms with Crippen molar-refractivity contribution in [2.45, 2.75) is 31.6 Å². The second-order valence-corrected chi connectivity index (χ2v) is 6.46. The molecule has 1 aromatic rings. The molecule has 0 bridgehead atoms. The van der Waals surface area contributed by atoms with Crippen molar-refractivity contribution in [2.75, 3.05) is 13.7 Å². The molecule has 2 rings (SSSR count). The molecule has 26 heavy (non-hydrogen) atoms. The van der Waals surface area contributed by atoms with Gasteiger partial charge in [0, 0.05) is 6.54 Å². The Morgan fingerprint density at radius 3 is 2.77 bits per heavy atom. The minimum atomic E-state index is -1.21. The zero-order valence-electron chi connectivity index (χ0n) is 15.1. The number of carboxylic acid groups (broad SMARTS) is 1. The van der Waals surface area contributed by atoms with Gasteiger partial charge in [0.2, 0.25) is 0 Å². The SMILES string of the molecule is C=C(NC[C@H]1CCC[C@@H](c2ccccc2)C1)/C(OC)=C(\N=C/N)C(=O)O. The second-order valence-electron chi connectivity index (χ2n) is 6.46. The molecule has 6 nitrogen and oxygen atoms in total. The molecule has 0 radical (unpaired) electrons. The normalized spacial score (nSPS) is 21.1. The first-order valence-corrected chi connectivity index (χ1v) is 8.80. The highest BCUT2D eigenvalue weighted by molar-refractivity contribution is 5.89. The molecule has 0 saturated heterocycles. The minimum absolute atomic E-state index is 0.0922. The molecule has 0 heterocycles. The second kappa shape index (κ2) is 9.65. The summed E-state index contributed by atoms with van der Waals surface area (Å²) in [5, 5.41) is 12.5. The van der Waals surface area contributed by atoms with Gasteiger partial charge >= 0.3 is 5.97 Å². The highest BCUT2D eigenvalue weighted by Gasteiger charge is 2.24. The number of aliphatic imine (C=N–C) groups is 1. The van der Waals surface area contributed by atoms with Gasteiger partial charge in [-0.3, -0.25) is 0 Å². The van der Waals surface area contributed by atoms with Crippen molar-refractivity contribution in [1.29, 1.82) is 0 Å². The fourth-order valence-electron chi connectivity index (χ4n) is 3.50. The van der Waals surface area contributed by atoms with Gasteiger partial charge in [-0.1, -0.05) is 43.3 Å². The van der Waals surface area contributed by atoms with E-state index in [4.69, 9.17) is 10.5 Å². The maximum Gasteiger partial charge on any atom is 0.358 e. The summed E-state index contributed by atoms with van der Waals surface area (Å²) in [6.07, 6.45) is 5.56. The van der Waals surface area contributed by atoms with E-state index in [0.717, 1.165) is 19.2 Å². The van der Waals surface area contributed by atoms with Crippen LogP contribution in [0.4, 0.5) is 0 Å². The lowest BCUT2D eigenvalue weighted by atomic mass is 9.78. The van der Waals surface area contributed by atoms with Crippen LogP contribution in [-0.4, -0.2) is 31.1 Å². The van der Waals surface area contributed by atoms with E-state index in [1.165, 1.54) is 25.5 Å². The smallest absolute Gasteiger partial charge is 0.358 e. The van der Waals surface area contributed by atoms with Crippen LogP contribution in [0.25, 0.3) is 0 Å². The van der Waals surface area contributed by atoms with Gasteiger partial charge in [0.15, 0.2) is 11.5 Å². The molecule has 4 N–H and O–H groups in total. The number of nitrogens with two attached hydrogens (primary N) is 1. The molecule has 0 unspecified atom stereocenters. The largest absolute Gasteiger partial charge is 0.492 e. The lowest BCUT2D eigenvalue weighted by Crippen LogP contribution is -2.27. The summed E-state index contributed by atoms with van der Waals surface area (Å²) >= 11 is 0. The zero-order valence-corrected chi connectivity index (χ0v) is 15.1. The van der Waals surface area contributed by atoms with Crippen LogP contribution in [0.3, 0.4) is 0 Å². The van der Waals surface area contributed by atoms with E-state index in [1.807, 2.05) is 6.07 Å². The number of hydrogen-bond acceptors (Lipinski definition) is 4. The van der Waals surface area contributed by atoms with Gasteiger partial charge in [-0.05, 0) is 36.7 Å². The molecule has 1 saturated carbocycles. The van der Waals surface area contributed by atoms with Crippen LogP contribution in [0.5, 0.6) is 0 Å². The predicted molar refractivity (Wildman–Crippen MR) is 103 cm³/mol. The quantitative estimate of drug-likeness (QED) is 0.218. The molecule has 6 heteroatoms. The fourth-order valence-corrected chi connectivity index (χ4v) is 3.50. The van der Waals surface area contributed by atoms with E-state index in [2.05, 4.69) is 41.2 Å². The van der Waals surface area contributed by atoms with Gasteiger partial charge in [-0.25, -0.2) is 9.79 Å². The third-order valence-corrected chi connectivity index (χ3v) is 4.76. The molecular formula is C20H27N3O3. The number of nitrogens with zero attached hydrogens (tertiary/aromatic N) is 1. The monoisotopic (exact) mass is 357 g/mol. The first-order valence-electron chi connectivity index (χ1n) is 8.80. The summed E-state index contributed by atoms with van der Waals surface area (Å²) in [6.45, 7) is 4.62. The van der Waals surface area contributed by atoms with Crippen molar-refractivity contribution in [3.63, 3.8) is 0 Å². The topological polar surface area (TPSA) is 96.9 Å². The Bertz CT molecular complexity index is 683. The van der Waals surface area contributed by atoms with Gasteiger partial charge < -0.3 is 20.9 Å². The molecule has 0 spiro atoms. The number of ether oxygens (including phenoxy) is 1. The molecular weight excluding hydrogens is 330 g/mol. The van der Waals surface area contributed by atoms with Crippen LogP contribution in [0.2, 0.25) is 0 Å². The van der Waals surface area contributed by atoms with Crippen molar-refractivity contribution in [2.24, 2.45) is 16.6 Å². The first-order chi connectivity index (χ1) is 12.6.